The lowest BCUT2D eigenvalue weighted by molar-refractivity contribution is -0.125. The molecule has 3 aromatic carbocycles. The molecule has 6 heteroatoms. The second kappa shape index (κ2) is 9.61. The lowest BCUT2D eigenvalue weighted by Crippen LogP contribution is -2.33. The molecule has 6 nitrogen and oxygen atoms in total. The fourth-order valence-electron chi connectivity index (χ4n) is 4.06. The molecular formula is C27H23NO5. The number of esters is 1. The largest absolute Gasteiger partial charge is 0.452 e. The smallest absolute Gasteiger partial charge is 0.339 e. The molecule has 0 aliphatic heterocycles. The predicted molar refractivity (Wildman–Crippen MR) is 122 cm³/mol. The zero-order valence-electron chi connectivity index (χ0n) is 18.2. The molecule has 1 unspecified atom stereocenters. The van der Waals surface area contributed by atoms with Crippen LogP contribution < -0.4 is 5.32 Å². The third-order valence-electron chi connectivity index (χ3n) is 5.62. The molecule has 0 bridgehead atoms. The van der Waals surface area contributed by atoms with Gasteiger partial charge in [-0.15, -0.1) is 0 Å². The Bertz CT molecular complexity index is 1230. The van der Waals surface area contributed by atoms with Gasteiger partial charge in [-0.05, 0) is 18.1 Å². The van der Waals surface area contributed by atoms with Crippen molar-refractivity contribution in [2.24, 2.45) is 0 Å². The number of hydrogen-bond acceptors (Lipinski definition) is 5. The fraction of sp³-hybridized carbons (Fsp3) is 0.185. The molecule has 0 fully saturated rings. The van der Waals surface area contributed by atoms with Crippen molar-refractivity contribution in [3.8, 4) is 0 Å². The van der Waals surface area contributed by atoms with Crippen molar-refractivity contribution in [1.82, 2.24) is 5.32 Å². The van der Waals surface area contributed by atoms with Gasteiger partial charge in [0.15, 0.2) is 18.2 Å². The van der Waals surface area contributed by atoms with E-state index in [0.717, 1.165) is 18.4 Å². The number of carbonyl (C=O) groups is 4. The summed E-state index contributed by atoms with van der Waals surface area (Å²) in [5.41, 5.74) is 1.67. The summed E-state index contributed by atoms with van der Waals surface area (Å²) in [6, 6.07) is 20.4. The standard InChI is InChI=1S/C27H23NO5/c1-2-9-22(17-10-4-3-5-11-17)28-23(29)16-33-27(32)21-15-8-14-20-24(21)26(31)19-13-7-6-12-18(19)25(20)30/h3-8,10-15,22H,2,9,16H2,1H3,(H,28,29). The molecule has 0 heterocycles. The number of fused-ring (bicyclic) bond motifs is 2. The van der Waals surface area contributed by atoms with Gasteiger partial charge in [0.05, 0.1) is 11.6 Å². The first kappa shape index (κ1) is 22.1. The van der Waals surface area contributed by atoms with Gasteiger partial charge in [0, 0.05) is 22.3 Å². The molecule has 1 atom stereocenters. The molecule has 1 aliphatic carbocycles. The van der Waals surface area contributed by atoms with Crippen LogP contribution in [0.25, 0.3) is 0 Å². The molecule has 0 radical (unpaired) electrons. The van der Waals surface area contributed by atoms with E-state index < -0.39 is 24.3 Å². The minimum atomic E-state index is -0.825. The van der Waals surface area contributed by atoms with Crippen LogP contribution in [-0.4, -0.2) is 30.0 Å². The summed E-state index contributed by atoms with van der Waals surface area (Å²) in [6.45, 7) is 1.53. The first-order valence-electron chi connectivity index (χ1n) is 10.8. The Morgan fingerprint density at radius 3 is 2.15 bits per heavy atom. The van der Waals surface area contributed by atoms with Gasteiger partial charge in [-0.2, -0.15) is 0 Å². The molecule has 0 saturated carbocycles. The molecule has 0 saturated heterocycles. The van der Waals surface area contributed by atoms with Gasteiger partial charge in [-0.3, -0.25) is 14.4 Å². The second-order valence-electron chi connectivity index (χ2n) is 7.83. The lowest BCUT2D eigenvalue weighted by atomic mass is 9.82. The molecule has 33 heavy (non-hydrogen) atoms. The van der Waals surface area contributed by atoms with Gasteiger partial charge in [-0.25, -0.2) is 4.79 Å². The van der Waals surface area contributed by atoms with Crippen LogP contribution in [0.15, 0.2) is 72.8 Å². The maximum Gasteiger partial charge on any atom is 0.339 e. The zero-order valence-corrected chi connectivity index (χ0v) is 18.2. The number of nitrogens with one attached hydrogen (secondary N) is 1. The normalized spacial score (nSPS) is 13.0. The minimum Gasteiger partial charge on any atom is -0.452 e. The summed E-state index contributed by atoms with van der Waals surface area (Å²) in [5, 5.41) is 2.90. The Hall–Kier alpha value is -4.06. The van der Waals surface area contributed by atoms with E-state index in [9.17, 15) is 19.2 Å². The molecule has 0 spiro atoms. The summed E-state index contributed by atoms with van der Waals surface area (Å²) in [7, 11) is 0. The molecule has 0 aromatic heterocycles. The molecule has 1 N–H and O–H groups in total. The van der Waals surface area contributed by atoms with E-state index in [1.165, 1.54) is 18.2 Å². The second-order valence-corrected chi connectivity index (χ2v) is 7.83. The number of carbonyl (C=O) groups excluding carboxylic acids is 4. The van der Waals surface area contributed by atoms with Gasteiger partial charge in [0.2, 0.25) is 0 Å². The van der Waals surface area contributed by atoms with Gasteiger partial charge in [-0.1, -0.05) is 80.1 Å². The Kier molecular flexibility index (Phi) is 6.45. The Labute approximate surface area is 191 Å². The van der Waals surface area contributed by atoms with E-state index in [1.54, 1.807) is 24.3 Å². The number of ketones is 2. The molecular weight excluding hydrogens is 418 g/mol. The summed E-state index contributed by atoms with van der Waals surface area (Å²) >= 11 is 0. The first-order chi connectivity index (χ1) is 16.0. The number of benzene rings is 3. The van der Waals surface area contributed by atoms with Crippen molar-refractivity contribution in [3.63, 3.8) is 0 Å². The highest BCUT2D eigenvalue weighted by atomic mass is 16.5. The summed E-state index contributed by atoms with van der Waals surface area (Å²) in [5.74, 6) is -2.00. The molecule has 4 rings (SSSR count). The molecule has 166 valence electrons. The monoisotopic (exact) mass is 441 g/mol. The van der Waals surface area contributed by atoms with E-state index in [-0.39, 0.29) is 34.1 Å². The fourth-order valence-corrected chi connectivity index (χ4v) is 4.06. The Morgan fingerprint density at radius 1 is 0.818 bits per heavy atom. The highest BCUT2D eigenvalue weighted by Gasteiger charge is 2.33. The summed E-state index contributed by atoms with van der Waals surface area (Å²) < 4.78 is 5.23. The minimum absolute atomic E-state index is 0.0137. The maximum atomic E-state index is 13.1. The van der Waals surface area contributed by atoms with Crippen LogP contribution in [0.5, 0.6) is 0 Å². The van der Waals surface area contributed by atoms with E-state index in [1.807, 2.05) is 37.3 Å². The maximum absolute atomic E-state index is 13.1. The number of hydrogen-bond donors (Lipinski definition) is 1. The van der Waals surface area contributed by atoms with Gasteiger partial charge < -0.3 is 10.1 Å². The Balaban J connectivity index is 1.49. The summed E-state index contributed by atoms with van der Waals surface area (Å²) in [6.07, 6.45) is 1.61. The predicted octanol–water partition coefficient (Wildman–Crippen LogP) is 4.28. The highest BCUT2D eigenvalue weighted by Crippen LogP contribution is 2.29. The van der Waals surface area contributed by atoms with Gasteiger partial charge in [0.25, 0.3) is 5.91 Å². The summed E-state index contributed by atoms with van der Waals surface area (Å²) in [4.78, 5) is 51.2. The SMILES string of the molecule is CCCC(NC(=O)COC(=O)c1cccc2c1C(=O)c1ccccc1C2=O)c1ccccc1. The molecule has 1 amide bonds. The van der Waals surface area contributed by atoms with Crippen molar-refractivity contribution in [2.75, 3.05) is 6.61 Å². The zero-order chi connectivity index (χ0) is 23.4. The van der Waals surface area contributed by atoms with Gasteiger partial charge in [0.1, 0.15) is 0 Å². The topological polar surface area (TPSA) is 89.5 Å². The van der Waals surface area contributed by atoms with Gasteiger partial charge >= 0.3 is 5.97 Å². The van der Waals surface area contributed by atoms with Crippen molar-refractivity contribution >= 4 is 23.4 Å². The van der Waals surface area contributed by atoms with Crippen molar-refractivity contribution in [1.29, 1.82) is 0 Å². The first-order valence-corrected chi connectivity index (χ1v) is 10.8. The van der Waals surface area contributed by atoms with Crippen LogP contribution in [-0.2, 0) is 9.53 Å². The quantitative estimate of drug-likeness (QED) is 0.433. The lowest BCUT2D eigenvalue weighted by Gasteiger charge is -2.20. The molecule has 3 aromatic rings. The van der Waals surface area contributed by atoms with E-state index >= 15 is 0 Å². The average Bonchev–Trinajstić information content (AvgIpc) is 2.85. The molecule has 1 aliphatic rings. The highest BCUT2D eigenvalue weighted by molar-refractivity contribution is 6.30. The van der Waals surface area contributed by atoms with Crippen LogP contribution in [0, 0.1) is 0 Å². The van der Waals surface area contributed by atoms with Crippen LogP contribution in [0.4, 0.5) is 0 Å². The third-order valence-corrected chi connectivity index (χ3v) is 5.62. The van der Waals surface area contributed by atoms with Crippen LogP contribution in [0.3, 0.4) is 0 Å². The van der Waals surface area contributed by atoms with Crippen LogP contribution in [0.1, 0.15) is 73.6 Å². The number of ether oxygens (including phenoxy) is 1. The van der Waals surface area contributed by atoms with E-state index in [4.69, 9.17) is 4.74 Å². The van der Waals surface area contributed by atoms with Crippen LogP contribution >= 0.6 is 0 Å². The van der Waals surface area contributed by atoms with Crippen molar-refractivity contribution < 1.29 is 23.9 Å². The number of amides is 1. The average molecular weight is 441 g/mol. The van der Waals surface area contributed by atoms with Crippen molar-refractivity contribution in [3.05, 3.63) is 106 Å². The number of rotatable bonds is 7. The van der Waals surface area contributed by atoms with E-state index in [0.29, 0.717) is 5.56 Å². The van der Waals surface area contributed by atoms with Crippen molar-refractivity contribution in [2.45, 2.75) is 25.8 Å². The third kappa shape index (κ3) is 4.46. The Morgan fingerprint density at radius 2 is 1.45 bits per heavy atom. The van der Waals surface area contributed by atoms with E-state index in [2.05, 4.69) is 5.32 Å². The van der Waals surface area contributed by atoms with Crippen LogP contribution in [0.2, 0.25) is 0 Å².